The molecule has 0 aliphatic carbocycles. The van der Waals surface area contributed by atoms with Crippen molar-refractivity contribution in [2.75, 3.05) is 5.43 Å². The Bertz CT molecular complexity index is 1040. The third-order valence-electron chi connectivity index (χ3n) is 3.66. The fourth-order valence-corrected chi connectivity index (χ4v) is 3.03. The van der Waals surface area contributed by atoms with E-state index in [1.54, 1.807) is 12.1 Å². The maximum atomic E-state index is 6.01. The number of halogens is 3. The molecule has 4 aromatic rings. The van der Waals surface area contributed by atoms with E-state index < -0.39 is 0 Å². The van der Waals surface area contributed by atoms with E-state index in [1.807, 2.05) is 24.3 Å². The van der Waals surface area contributed by atoms with Gasteiger partial charge in [-0.1, -0.05) is 46.9 Å². The Morgan fingerprint density at radius 2 is 1.85 bits per heavy atom. The monoisotopic (exact) mass is 408 g/mol. The summed E-state index contributed by atoms with van der Waals surface area (Å²) in [5, 5.41) is 15.8. The highest BCUT2D eigenvalue weighted by molar-refractivity contribution is 6.48. The summed E-state index contributed by atoms with van der Waals surface area (Å²) in [6.07, 6.45) is 0. The summed E-state index contributed by atoms with van der Waals surface area (Å²) in [7, 11) is 0. The van der Waals surface area contributed by atoms with Gasteiger partial charge in [0.25, 0.3) is 0 Å². The second kappa shape index (κ2) is 7.13. The van der Waals surface area contributed by atoms with Crippen LogP contribution in [-0.4, -0.2) is 20.6 Å². The van der Waals surface area contributed by atoms with E-state index in [4.69, 9.17) is 39.2 Å². The van der Waals surface area contributed by atoms with Crippen molar-refractivity contribution in [1.29, 1.82) is 0 Å². The van der Waals surface area contributed by atoms with E-state index in [0.717, 1.165) is 16.5 Å². The third-order valence-corrected chi connectivity index (χ3v) is 4.86. The van der Waals surface area contributed by atoms with Crippen LogP contribution in [0.1, 0.15) is 5.56 Å². The number of hydrazine groups is 1. The predicted octanol–water partition coefficient (Wildman–Crippen LogP) is 4.69. The van der Waals surface area contributed by atoms with E-state index in [0.29, 0.717) is 38.9 Å². The highest BCUT2D eigenvalue weighted by Crippen LogP contribution is 2.33. The smallest absolute Gasteiger partial charge is 0.239 e. The topological polar surface area (TPSA) is 91.7 Å². The number of furan rings is 1. The van der Waals surface area contributed by atoms with Crippen molar-refractivity contribution in [2.45, 2.75) is 6.54 Å². The summed E-state index contributed by atoms with van der Waals surface area (Å²) in [5.41, 5.74) is 8.60. The molecule has 7 nitrogen and oxygen atoms in total. The Labute approximate surface area is 162 Å². The highest BCUT2D eigenvalue weighted by Gasteiger charge is 2.10. The molecule has 2 aromatic heterocycles. The molecular formula is C16H11Cl3N6O. The number of nitrogens with one attached hydrogen (secondary N) is 3. The normalized spacial score (nSPS) is 11.2. The standard InChI is InChI=1S/C16H11Cl3N6O/c17-11-5-10(6-12(18)15(11)19)21-20-7-8-1-2-9-4-14(26-13(9)3-8)16-22-24-25-23-16/h1-6,20-21H,7H2,(H,22,23,24,25). The quantitative estimate of drug-likeness (QED) is 0.327. The van der Waals surface area contributed by atoms with E-state index in [9.17, 15) is 0 Å². The van der Waals surface area contributed by atoms with Crippen LogP contribution < -0.4 is 10.9 Å². The van der Waals surface area contributed by atoms with Gasteiger partial charge in [0, 0.05) is 11.9 Å². The van der Waals surface area contributed by atoms with Crippen molar-refractivity contribution >= 4 is 51.5 Å². The third kappa shape index (κ3) is 3.47. The van der Waals surface area contributed by atoms with Gasteiger partial charge in [-0.05, 0) is 35.0 Å². The molecule has 0 amide bonds. The highest BCUT2D eigenvalue weighted by atomic mass is 35.5. The molecule has 0 saturated heterocycles. The zero-order valence-corrected chi connectivity index (χ0v) is 15.3. The maximum absolute atomic E-state index is 6.01. The van der Waals surface area contributed by atoms with Crippen molar-refractivity contribution < 1.29 is 4.42 Å². The molecule has 0 aliphatic rings. The van der Waals surface area contributed by atoms with Gasteiger partial charge in [-0.15, -0.1) is 10.2 Å². The second-order valence-electron chi connectivity index (χ2n) is 5.45. The van der Waals surface area contributed by atoms with Gasteiger partial charge in [0.05, 0.1) is 20.8 Å². The van der Waals surface area contributed by atoms with Crippen LogP contribution in [0.5, 0.6) is 0 Å². The zero-order chi connectivity index (χ0) is 18.1. The van der Waals surface area contributed by atoms with Gasteiger partial charge in [-0.25, -0.2) is 5.43 Å². The van der Waals surface area contributed by atoms with E-state index in [-0.39, 0.29) is 0 Å². The molecule has 0 atom stereocenters. The average molecular weight is 410 g/mol. The molecule has 10 heteroatoms. The number of tetrazole rings is 1. The summed E-state index contributed by atoms with van der Waals surface area (Å²) in [5.74, 6) is 0.974. The van der Waals surface area contributed by atoms with Gasteiger partial charge in [0.2, 0.25) is 5.82 Å². The first-order chi connectivity index (χ1) is 12.6. The van der Waals surface area contributed by atoms with Crippen LogP contribution in [0, 0.1) is 0 Å². The Morgan fingerprint density at radius 1 is 1.04 bits per heavy atom. The molecule has 0 radical (unpaired) electrons. The van der Waals surface area contributed by atoms with Crippen LogP contribution in [0.4, 0.5) is 5.69 Å². The Balaban J connectivity index is 1.46. The molecule has 26 heavy (non-hydrogen) atoms. The van der Waals surface area contributed by atoms with Gasteiger partial charge in [-0.3, -0.25) is 0 Å². The number of nitrogens with zero attached hydrogens (tertiary/aromatic N) is 3. The van der Waals surface area contributed by atoms with Crippen LogP contribution in [0.2, 0.25) is 15.1 Å². The minimum atomic E-state index is 0.333. The molecule has 2 heterocycles. The van der Waals surface area contributed by atoms with Crippen LogP contribution >= 0.6 is 34.8 Å². The Morgan fingerprint density at radius 3 is 2.58 bits per heavy atom. The number of anilines is 1. The number of benzene rings is 2. The molecular weight excluding hydrogens is 399 g/mol. The number of hydrogen-bond donors (Lipinski definition) is 3. The van der Waals surface area contributed by atoms with E-state index >= 15 is 0 Å². The minimum absolute atomic E-state index is 0.333. The summed E-state index contributed by atoms with van der Waals surface area (Å²) < 4.78 is 5.78. The lowest BCUT2D eigenvalue weighted by atomic mass is 10.1. The molecule has 0 fully saturated rings. The number of rotatable bonds is 5. The number of aromatic amines is 1. The maximum Gasteiger partial charge on any atom is 0.239 e. The van der Waals surface area contributed by atoms with Crippen LogP contribution in [0.15, 0.2) is 40.8 Å². The summed E-state index contributed by atoms with van der Waals surface area (Å²) in [4.78, 5) is 0. The summed E-state index contributed by atoms with van der Waals surface area (Å²) >= 11 is 18.0. The lowest BCUT2D eigenvalue weighted by Gasteiger charge is -2.10. The number of aromatic nitrogens is 4. The second-order valence-corrected chi connectivity index (χ2v) is 6.64. The zero-order valence-electron chi connectivity index (χ0n) is 13.1. The van der Waals surface area contributed by atoms with Crippen molar-refractivity contribution in [3.05, 3.63) is 57.0 Å². The van der Waals surface area contributed by atoms with Crippen LogP contribution in [-0.2, 0) is 6.54 Å². The molecule has 4 rings (SSSR count). The van der Waals surface area contributed by atoms with E-state index in [1.165, 1.54) is 0 Å². The molecule has 3 N–H and O–H groups in total. The molecule has 2 aromatic carbocycles. The van der Waals surface area contributed by atoms with Crippen LogP contribution in [0.3, 0.4) is 0 Å². The molecule has 0 saturated carbocycles. The fraction of sp³-hybridized carbons (Fsp3) is 0.0625. The first-order valence-corrected chi connectivity index (χ1v) is 8.63. The fourth-order valence-electron chi connectivity index (χ4n) is 2.44. The van der Waals surface area contributed by atoms with Crippen molar-refractivity contribution in [1.82, 2.24) is 26.0 Å². The lowest BCUT2D eigenvalue weighted by molar-refractivity contribution is 0.624. The molecule has 132 valence electrons. The SMILES string of the molecule is Clc1cc(NNCc2ccc3cc(-c4nn[nH]n4)oc3c2)cc(Cl)c1Cl. The number of hydrogen-bond acceptors (Lipinski definition) is 6. The van der Waals surface area contributed by atoms with Gasteiger partial charge in [0.1, 0.15) is 5.58 Å². The average Bonchev–Trinajstić information content (AvgIpc) is 3.28. The van der Waals surface area contributed by atoms with Gasteiger partial charge < -0.3 is 9.84 Å². The molecule has 0 spiro atoms. The van der Waals surface area contributed by atoms with Gasteiger partial charge >= 0.3 is 0 Å². The van der Waals surface area contributed by atoms with Crippen molar-refractivity contribution in [3.63, 3.8) is 0 Å². The van der Waals surface area contributed by atoms with Gasteiger partial charge in [0.15, 0.2) is 5.76 Å². The summed E-state index contributed by atoms with van der Waals surface area (Å²) in [6, 6.07) is 11.2. The number of H-pyrrole nitrogens is 1. The Kier molecular flexibility index (Phi) is 4.69. The molecule has 0 unspecified atom stereocenters. The van der Waals surface area contributed by atoms with Crippen molar-refractivity contribution in [3.8, 4) is 11.6 Å². The largest absolute Gasteiger partial charge is 0.453 e. The minimum Gasteiger partial charge on any atom is -0.453 e. The van der Waals surface area contributed by atoms with Gasteiger partial charge in [-0.2, -0.15) is 5.21 Å². The first kappa shape index (κ1) is 17.1. The van der Waals surface area contributed by atoms with E-state index in [2.05, 4.69) is 31.5 Å². The summed E-state index contributed by atoms with van der Waals surface area (Å²) in [6.45, 7) is 0.548. The Hall–Kier alpha value is -2.32. The number of fused-ring (bicyclic) bond motifs is 1. The lowest BCUT2D eigenvalue weighted by Crippen LogP contribution is -2.20. The van der Waals surface area contributed by atoms with Crippen LogP contribution in [0.25, 0.3) is 22.6 Å². The molecule has 0 aliphatic heterocycles. The first-order valence-electron chi connectivity index (χ1n) is 7.50. The van der Waals surface area contributed by atoms with Crippen molar-refractivity contribution in [2.24, 2.45) is 0 Å². The predicted molar refractivity (Wildman–Crippen MR) is 101 cm³/mol. The molecule has 0 bridgehead atoms.